The summed E-state index contributed by atoms with van der Waals surface area (Å²) in [6.45, 7) is 0. The van der Waals surface area contributed by atoms with Crippen LogP contribution in [0.15, 0.2) is 65.3 Å². The monoisotopic (exact) mass is 265 g/mol. The fourth-order valence-electron chi connectivity index (χ4n) is 1.89. The molecule has 4 nitrogen and oxygen atoms in total. The Morgan fingerprint density at radius 1 is 1.05 bits per heavy atom. The van der Waals surface area contributed by atoms with Crippen molar-refractivity contribution in [1.29, 1.82) is 0 Å². The first-order chi connectivity index (χ1) is 9.72. The van der Waals surface area contributed by atoms with Gasteiger partial charge in [0.1, 0.15) is 5.75 Å². The lowest BCUT2D eigenvalue weighted by Crippen LogP contribution is -2.04. The summed E-state index contributed by atoms with van der Waals surface area (Å²) in [6, 6.07) is 15.8. The lowest BCUT2D eigenvalue weighted by molar-refractivity contribution is -0.129. The highest BCUT2D eigenvalue weighted by Crippen LogP contribution is 2.20. The van der Waals surface area contributed by atoms with E-state index in [0.717, 1.165) is 5.56 Å². The number of aliphatic imine (C=N–C) groups is 1. The first-order valence-corrected chi connectivity index (χ1v) is 6.09. The number of phenols is 1. The lowest BCUT2D eigenvalue weighted by Gasteiger charge is -1.97. The van der Waals surface area contributed by atoms with Gasteiger partial charge in [-0.05, 0) is 35.9 Å². The first-order valence-electron chi connectivity index (χ1n) is 6.09. The summed E-state index contributed by atoms with van der Waals surface area (Å²) < 4.78 is 5.14. The average Bonchev–Trinajstić information content (AvgIpc) is 2.81. The molecule has 1 N–H and O–H groups in total. The quantitative estimate of drug-likeness (QED) is 0.671. The molecule has 0 aliphatic carbocycles. The van der Waals surface area contributed by atoms with Gasteiger partial charge >= 0.3 is 5.97 Å². The average molecular weight is 265 g/mol. The Bertz CT molecular complexity index is 718. The standard InChI is InChI=1S/C16H11NO3/c18-13-8-4-5-11(9-13)10-14-16(19)20-15(17-14)12-6-2-1-3-7-12/h1-10,18H. The molecule has 0 radical (unpaired) electrons. The van der Waals surface area contributed by atoms with Crippen LogP contribution in [0.25, 0.3) is 6.08 Å². The van der Waals surface area contributed by atoms with Gasteiger partial charge in [-0.3, -0.25) is 0 Å². The molecule has 1 aliphatic heterocycles. The van der Waals surface area contributed by atoms with Crippen molar-refractivity contribution in [3.05, 3.63) is 71.4 Å². The molecule has 3 rings (SSSR count). The Kier molecular flexibility index (Phi) is 3.05. The molecule has 0 aromatic heterocycles. The van der Waals surface area contributed by atoms with E-state index in [2.05, 4.69) is 4.99 Å². The molecule has 20 heavy (non-hydrogen) atoms. The molecule has 0 unspecified atom stereocenters. The van der Waals surface area contributed by atoms with Gasteiger partial charge in [0.05, 0.1) is 0 Å². The van der Waals surface area contributed by atoms with E-state index in [9.17, 15) is 9.90 Å². The Labute approximate surface area is 115 Å². The number of ether oxygens (including phenoxy) is 1. The SMILES string of the molecule is O=C1OC(c2ccccc2)=NC1=Cc1cccc(O)c1. The largest absolute Gasteiger partial charge is 0.508 e. The third-order valence-corrected chi connectivity index (χ3v) is 2.81. The zero-order chi connectivity index (χ0) is 13.9. The van der Waals surface area contributed by atoms with E-state index >= 15 is 0 Å². The number of carbonyl (C=O) groups excluding carboxylic acids is 1. The second-order valence-corrected chi connectivity index (χ2v) is 4.30. The first kappa shape index (κ1) is 12.2. The Hall–Kier alpha value is -2.88. The fraction of sp³-hybridized carbons (Fsp3) is 0. The van der Waals surface area contributed by atoms with Crippen molar-refractivity contribution >= 4 is 17.9 Å². The molecule has 2 aromatic carbocycles. The van der Waals surface area contributed by atoms with E-state index in [1.165, 1.54) is 0 Å². The number of rotatable bonds is 2. The zero-order valence-corrected chi connectivity index (χ0v) is 10.5. The van der Waals surface area contributed by atoms with Gasteiger partial charge in [-0.2, -0.15) is 0 Å². The van der Waals surface area contributed by atoms with Crippen LogP contribution in [0, 0.1) is 0 Å². The maximum Gasteiger partial charge on any atom is 0.363 e. The highest BCUT2D eigenvalue weighted by Gasteiger charge is 2.23. The molecule has 98 valence electrons. The van der Waals surface area contributed by atoms with Gasteiger partial charge < -0.3 is 9.84 Å². The van der Waals surface area contributed by atoms with E-state index < -0.39 is 5.97 Å². The molecule has 1 heterocycles. The molecule has 0 fully saturated rings. The predicted octanol–water partition coefficient (Wildman–Crippen LogP) is 2.74. The molecule has 0 amide bonds. The van der Waals surface area contributed by atoms with E-state index in [-0.39, 0.29) is 11.4 Å². The Morgan fingerprint density at radius 3 is 2.60 bits per heavy atom. The van der Waals surface area contributed by atoms with Gasteiger partial charge in [0.25, 0.3) is 0 Å². The molecule has 0 atom stereocenters. The number of aromatic hydroxyl groups is 1. The maximum atomic E-state index is 11.8. The number of hydrogen-bond donors (Lipinski definition) is 1. The number of benzene rings is 2. The van der Waals surface area contributed by atoms with Crippen LogP contribution in [-0.2, 0) is 9.53 Å². The fourth-order valence-corrected chi connectivity index (χ4v) is 1.89. The normalized spacial score (nSPS) is 16.1. The van der Waals surface area contributed by atoms with Crippen molar-refractivity contribution in [3.63, 3.8) is 0 Å². The summed E-state index contributed by atoms with van der Waals surface area (Å²) in [7, 11) is 0. The number of nitrogens with zero attached hydrogens (tertiary/aromatic N) is 1. The Balaban J connectivity index is 1.95. The third-order valence-electron chi connectivity index (χ3n) is 2.81. The maximum absolute atomic E-state index is 11.8. The van der Waals surface area contributed by atoms with Crippen molar-refractivity contribution in [3.8, 4) is 5.75 Å². The smallest absolute Gasteiger partial charge is 0.363 e. The van der Waals surface area contributed by atoms with Gasteiger partial charge in [-0.15, -0.1) is 0 Å². The second-order valence-electron chi connectivity index (χ2n) is 4.30. The van der Waals surface area contributed by atoms with Gasteiger partial charge in [0.15, 0.2) is 5.70 Å². The molecule has 2 aromatic rings. The topological polar surface area (TPSA) is 58.9 Å². The molecule has 0 saturated heterocycles. The van der Waals surface area contributed by atoms with Crippen molar-refractivity contribution in [2.45, 2.75) is 0 Å². The molecular formula is C16H11NO3. The number of phenolic OH excluding ortho intramolecular Hbond substituents is 1. The molecule has 0 bridgehead atoms. The third kappa shape index (κ3) is 2.44. The summed E-state index contributed by atoms with van der Waals surface area (Å²) in [5.74, 6) is -0.0628. The number of hydrogen-bond acceptors (Lipinski definition) is 4. The summed E-state index contributed by atoms with van der Waals surface area (Å²) in [5, 5.41) is 9.40. The lowest BCUT2D eigenvalue weighted by atomic mass is 10.2. The van der Waals surface area contributed by atoms with Gasteiger partial charge in [-0.1, -0.05) is 30.3 Å². The minimum atomic E-state index is -0.493. The van der Waals surface area contributed by atoms with Crippen LogP contribution < -0.4 is 0 Å². The highest BCUT2D eigenvalue weighted by molar-refractivity contribution is 6.12. The van der Waals surface area contributed by atoms with E-state index in [4.69, 9.17) is 4.74 Å². The minimum absolute atomic E-state index is 0.137. The van der Waals surface area contributed by atoms with Gasteiger partial charge in [-0.25, -0.2) is 9.79 Å². The molecule has 0 saturated carbocycles. The van der Waals surface area contributed by atoms with Crippen LogP contribution in [0.1, 0.15) is 11.1 Å². The summed E-state index contributed by atoms with van der Waals surface area (Å²) >= 11 is 0. The van der Waals surface area contributed by atoms with E-state index in [1.54, 1.807) is 30.3 Å². The van der Waals surface area contributed by atoms with Crippen LogP contribution in [0.5, 0.6) is 5.75 Å². The number of carbonyl (C=O) groups is 1. The summed E-state index contributed by atoms with van der Waals surface area (Å²) in [6.07, 6.45) is 1.58. The zero-order valence-electron chi connectivity index (χ0n) is 10.5. The molecule has 4 heteroatoms. The number of esters is 1. The van der Waals surface area contributed by atoms with Crippen molar-refractivity contribution in [2.75, 3.05) is 0 Å². The van der Waals surface area contributed by atoms with Crippen molar-refractivity contribution in [1.82, 2.24) is 0 Å². The highest BCUT2D eigenvalue weighted by atomic mass is 16.6. The number of cyclic esters (lactones) is 1. The minimum Gasteiger partial charge on any atom is -0.508 e. The van der Waals surface area contributed by atoms with Crippen LogP contribution in [0.4, 0.5) is 0 Å². The van der Waals surface area contributed by atoms with Gasteiger partial charge in [0.2, 0.25) is 5.90 Å². The molecule has 0 spiro atoms. The summed E-state index contributed by atoms with van der Waals surface area (Å²) in [5.41, 5.74) is 1.66. The molecule has 1 aliphatic rings. The second kappa shape index (κ2) is 5.01. The van der Waals surface area contributed by atoms with Crippen LogP contribution in [0.2, 0.25) is 0 Å². The Morgan fingerprint density at radius 2 is 1.85 bits per heavy atom. The van der Waals surface area contributed by atoms with E-state index in [1.807, 2.05) is 30.3 Å². The van der Waals surface area contributed by atoms with E-state index in [0.29, 0.717) is 11.5 Å². The molecular weight excluding hydrogens is 254 g/mol. The van der Waals surface area contributed by atoms with Crippen LogP contribution >= 0.6 is 0 Å². The van der Waals surface area contributed by atoms with Gasteiger partial charge in [0, 0.05) is 5.56 Å². The van der Waals surface area contributed by atoms with Crippen molar-refractivity contribution < 1.29 is 14.6 Å². The van der Waals surface area contributed by atoms with Crippen LogP contribution in [0.3, 0.4) is 0 Å². The van der Waals surface area contributed by atoms with Crippen molar-refractivity contribution in [2.24, 2.45) is 4.99 Å². The summed E-state index contributed by atoms with van der Waals surface area (Å²) in [4.78, 5) is 16.0. The predicted molar refractivity (Wildman–Crippen MR) is 75.2 cm³/mol. The van der Waals surface area contributed by atoms with Crippen LogP contribution in [-0.4, -0.2) is 17.0 Å².